The molecule has 0 aliphatic heterocycles. The molecular weight excluding hydrogens is 224 g/mol. The second-order valence-corrected chi connectivity index (χ2v) is 3.11. The number of benzene rings is 1. The van der Waals surface area contributed by atoms with Gasteiger partial charge in [0.05, 0.1) is 14.2 Å². The number of rotatable bonds is 4. The molecule has 92 valence electrons. The first-order valence-corrected chi connectivity index (χ1v) is 4.91. The van der Waals surface area contributed by atoms with E-state index in [1.54, 1.807) is 31.4 Å². The summed E-state index contributed by atoms with van der Waals surface area (Å²) in [5, 5.41) is 4.91. The maximum absolute atomic E-state index is 11.3. The topological polar surface area (TPSA) is 76.7 Å². The van der Waals surface area contributed by atoms with E-state index in [1.165, 1.54) is 7.11 Å². The maximum Gasteiger partial charge on any atom is 0.325 e. The zero-order chi connectivity index (χ0) is 12.7. The first kappa shape index (κ1) is 12.8. The predicted octanol–water partition coefficient (Wildman–Crippen LogP) is 0.990. The van der Waals surface area contributed by atoms with Crippen molar-refractivity contribution in [2.24, 2.45) is 0 Å². The van der Waals surface area contributed by atoms with Crippen molar-refractivity contribution in [2.75, 3.05) is 26.1 Å². The Hall–Kier alpha value is -2.24. The Morgan fingerprint density at radius 2 is 1.82 bits per heavy atom. The normalized spacial score (nSPS) is 9.29. The van der Waals surface area contributed by atoms with Crippen molar-refractivity contribution in [3.63, 3.8) is 0 Å². The minimum absolute atomic E-state index is 0.168. The molecule has 0 bridgehead atoms. The summed E-state index contributed by atoms with van der Waals surface area (Å²) < 4.78 is 9.36. The number of nitrogens with one attached hydrogen (secondary N) is 2. The second kappa shape index (κ2) is 6.37. The van der Waals surface area contributed by atoms with Gasteiger partial charge in [-0.1, -0.05) is 0 Å². The van der Waals surface area contributed by atoms with E-state index in [2.05, 4.69) is 15.4 Å². The molecule has 1 aromatic rings. The van der Waals surface area contributed by atoms with Crippen molar-refractivity contribution in [3.8, 4) is 5.75 Å². The van der Waals surface area contributed by atoms with Crippen LogP contribution in [0.2, 0.25) is 0 Å². The van der Waals surface area contributed by atoms with Crippen LogP contribution >= 0.6 is 0 Å². The molecule has 0 saturated carbocycles. The highest BCUT2D eigenvalue weighted by molar-refractivity contribution is 5.91. The lowest BCUT2D eigenvalue weighted by atomic mass is 10.3. The maximum atomic E-state index is 11.3. The average Bonchev–Trinajstić information content (AvgIpc) is 2.36. The largest absolute Gasteiger partial charge is 0.497 e. The number of esters is 1. The average molecular weight is 238 g/mol. The quantitative estimate of drug-likeness (QED) is 0.767. The van der Waals surface area contributed by atoms with Crippen LogP contribution in [0, 0.1) is 0 Å². The van der Waals surface area contributed by atoms with Gasteiger partial charge >= 0.3 is 12.0 Å². The molecule has 2 N–H and O–H groups in total. The Morgan fingerprint density at radius 3 is 2.35 bits per heavy atom. The lowest BCUT2D eigenvalue weighted by Gasteiger charge is -2.07. The van der Waals surface area contributed by atoms with Gasteiger partial charge in [0, 0.05) is 5.69 Å². The van der Waals surface area contributed by atoms with Gasteiger partial charge in [-0.3, -0.25) is 4.79 Å². The van der Waals surface area contributed by atoms with Crippen molar-refractivity contribution in [1.29, 1.82) is 0 Å². The Labute approximate surface area is 98.9 Å². The van der Waals surface area contributed by atoms with Crippen molar-refractivity contribution >= 4 is 17.7 Å². The summed E-state index contributed by atoms with van der Waals surface area (Å²) in [5.41, 5.74) is 0.605. The highest BCUT2D eigenvalue weighted by Crippen LogP contribution is 2.14. The molecule has 0 aliphatic carbocycles. The molecule has 1 aromatic carbocycles. The standard InChI is InChI=1S/C11H14N2O4/c1-16-9-5-3-8(4-6-9)13-11(15)12-7-10(14)17-2/h3-6H,7H2,1-2H3,(H2,12,13,15). The third kappa shape index (κ3) is 4.42. The Bertz CT molecular complexity index is 389. The molecule has 0 aliphatic rings. The van der Waals surface area contributed by atoms with E-state index >= 15 is 0 Å². The molecule has 0 fully saturated rings. The summed E-state index contributed by atoms with van der Waals surface area (Å²) in [6, 6.07) is 6.35. The number of hydrogen-bond donors (Lipinski definition) is 2. The minimum atomic E-state index is -0.505. The lowest BCUT2D eigenvalue weighted by molar-refractivity contribution is -0.139. The minimum Gasteiger partial charge on any atom is -0.497 e. The van der Waals surface area contributed by atoms with Gasteiger partial charge in [-0.15, -0.1) is 0 Å². The molecule has 0 unspecified atom stereocenters. The van der Waals surface area contributed by atoms with E-state index in [0.717, 1.165) is 0 Å². The molecule has 0 heterocycles. The molecule has 6 nitrogen and oxygen atoms in total. The van der Waals surface area contributed by atoms with Crippen molar-refractivity contribution in [1.82, 2.24) is 5.32 Å². The number of methoxy groups -OCH3 is 2. The molecule has 0 saturated heterocycles. The number of ether oxygens (including phenoxy) is 2. The van der Waals surface area contributed by atoms with E-state index < -0.39 is 12.0 Å². The number of urea groups is 1. The Balaban J connectivity index is 2.42. The second-order valence-electron chi connectivity index (χ2n) is 3.11. The van der Waals surface area contributed by atoms with E-state index in [9.17, 15) is 9.59 Å². The van der Waals surface area contributed by atoms with E-state index in [4.69, 9.17) is 4.74 Å². The Kier molecular flexibility index (Phi) is 4.80. The lowest BCUT2D eigenvalue weighted by Crippen LogP contribution is -2.33. The van der Waals surface area contributed by atoms with Crippen molar-refractivity contribution in [2.45, 2.75) is 0 Å². The van der Waals surface area contributed by atoms with Gasteiger partial charge in [-0.2, -0.15) is 0 Å². The fourth-order valence-corrected chi connectivity index (χ4v) is 1.07. The summed E-state index contributed by atoms with van der Waals surface area (Å²) in [5.74, 6) is 0.195. The molecule has 17 heavy (non-hydrogen) atoms. The van der Waals surface area contributed by atoms with Crippen molar-refractivity contribution in [3.05, 3.63) is 24.3 Å². The summed E-state index contributed by atoms with van der Waals surface area (Å²) in [7, 11) is 2.82. The SMILES string of the molecule is COC(=O)CNC(=O)Nc1ccc(OC)cc1. The van der Waals surface area contributed by atoms with Gasteiger partial charge in [0.15, 0.2) is 0 Å². The predicted molar refractivity (Wildman–Crippen MR) is 62.0 cm³/mol. The van der Waals surface area contributed by atoms with Crippen LogP contribution in [0.25, 0.3) is 0 Å². The smallest absolute Gasteiger partial charge is 0.325 e. The summed E-state index contributed by atoms with van der Waals surface area (Å²) in [6.07, 6.45) is 0. The summed E-state index contributed by atoms with van der Waals surface area (Å²) >= 11 is 0. The van der Waals surface area contributed by atoms with E-state index in [0.29, 0.717) is 11.4 Å². The fraction of sp³-hybridized carbons (Fsp3) is 0.273. The molecule has 1 rings (SSSR count). The summed E-state index contributed by atoms with van der Waals surface area (Å²) in [4.78, 5) is 22.1. The highest BCUT2D eigenvalue weighted by atomic mass is 16.5. The van der Waals surface area contributed by atoms with Crippen LogP contribution in [-0.4, -0.2) is 32.8 Å². The van der Waals surface area contributed by atoms with Crippen LogP contribution in [0.3, 0.4) is 0 Å². The number of anilines is 1. The van der Waals surface area contributed by atoms with E-state index in [-0.39, 0.29) is 6.54 Å². The van der Waals surface area contributed by atoms with E-state index in [1.807, 2.05) is 0 Å². The molecule has 0 atom stereocenters. The van der Waals surface area contributed by atoms with Gasteiger partial charge in [0.1, 0.15) is 12.3 Å². The van der Waals surface area contributed by atoms with Gasteiger partial charge < -0.3 is 20.1 Å². The molecule has 6 heteroatoms. The zero-order valence-corrected chi connectivity index (χ0v) is 9.65. The fourth-order valence-electron chi connectivity index (χ4n) is 1.07. The molecular formula is C11H14N2O4. The van der Waals surface area contributed by atoms with Crippen LogP contribution in [0.15, 0.2) is 24.3 Å². The zero-order valence-electron chi connectivity index (χ0n) is 9.65. The number of amides is 2. The van der Waals surface area contributed by atoms with Crippen LogP contribution in [-0.2, 0) is 9.53 Å². The highest BCUT2D eigenvalue weighted by Gasteiger charge is 2.04. The number of carbonyl (C=O) groups is 2. The first-order valence-electron chi connectivity index (χ1n) is 4.91. The van der Waals surface area contributed by atoms with Crippen LogP contribution in [0.4, 0.5) is 10.5 Å². The summed E-state index contributed by atoms with van der Waals surface area (Å²) in [6.45, 7) is -0.168. The van der Waals surface area contributed by atoms with Gasteiger partial charge in [0.25, 0.3) is 0 Å². The molecule has 0 aromatic heterocycles. The third-order valence-electron chi connectivity index (χ3n) is 1.97. The van der Waals surface area contributed by atoms with Crippen LogP contribution < -0.4 is 15.4 Å². The first-order chi connectivity index (χ1) is 8.15. The van der Waals surface area contributed by atoms with Gasteiger partial charge in [-0.05, 0) is 24.3 Å². The van der Waals surface area contributed by atoms with Crippen LogP contribution in [0.5, 0.6) is 5.75 Å². The van der Waals surface area contributed by atoms with Gasteiger partial charge in [0.2, 0.25) is 0 Å². The van der Waals surface area contributed by atoms with Gasteiger partial charge in [-0.25, -0.2) is 4.79 Å². The molecule has 0 spiro atoms. The number of carbonyl (C=O) groups excluding carboxylic acids is 2. The Morgan fingerprint density at radius 1 is 1.18 bits per heavy atom. The van der Waals surface area contributed by atoms with Crippen molar-refractivity contribution < 1.29 is 19.1 Å². The molecule has 0 radical (unpaired) electrons. The third-order valence-corrected chi connectivity index (χ3v) is 1.97. The number of hydrogen-bond acceptors (Lipinski definition) is 4. The monoisotopic (exact) mass is 238 g/mol. The van der Waals surface area contributed by atoms with Crippen LogP contribution in [0.1, 0.15) is 0 Å². The molecule has 2 amide bonds.